The molecule has 1 aromatic heterocycles. The summed E-state index contributed by atoms with van der Waals surface area (Å²) in [5.41, 5.74) is 1.51. The fourth-order valence-electron chi connectivity index (χ4n) is 2.03. The highest BCUT2D eigenvalue weighted by molar-refractivity contribution is 6.42. The van der Waals surface area contributed by atoms with E-state index in [-0.39, 0.29) is 5.91 Å². The molecule has 0 aliphatic carbocycles. The van der Waals surface area contributed by atoms with Crippen LogP contribution in [0.3, 0.4) is 0 Å². The number of carbonyl (C=O) groups is 1. The first-order valence-electron chi connectivity index (χ1n) is 6.15. The Morgan fingerprint density at radius 2 is 1.90 bits per heavy atom. The molecular formula is C15H15Cl2NO2. The van der Waals surface area contributed by atoms with Gasteiger partial charge in [-0.25, -0.2) is 0 Å². The lowest BCUT2D eigenvalue weighted by Crippen LogP contribution is -2.26. The van der Waals surface area contributed by atoms with Crippen LogP contribution >= 0.6 is 23.2 Å². The fourth-order valence-corrected chi connectivity index (χ4v) is 2.35. The van der Waals surface area contributed by atoms with Gasteiger partial charge in [-0.3, -0.25) is 4.79 Å². The standard InChI is InChI=1S/C15H15Cl2NO2/c1-9-6-12(10(2)20-9)15(19)18(3)8-11-4-5-13(16)14(17)7-11/h4-7H,8H2,1-3H3. The van der Waals surface area contributed by atoms with E-state index in [1.54, 1.807) is 37.1 Å². The molecule has 106 valence electrons. The first-order valence-corrected chi connectivity index (χ1v) is 6.90. The van der Waals surface area contributed by atoms with E-state index in [0.29, 0.717) is 27.9 Å². The maximum absolute atomic E-state index is 12.3. The molecule has 0 spiro atoms. The van der Waals surface area contributed by atoms with E-state index in [2.05, 4.69) is 0 Å². The van der Waals surface area contributed by atoms with Crippen LogP contribution in [0.5, 0.6) is 0 Å². The average Bonchev–Trinajstić information content (AvgIpc) is 2.72. The largest absolute Gasteiger partial charge is 0.466 e. The Labute approximate surface area is 128 Å². The maximum Gasteiger partial charge on any atom is 0.257 e. The number of nitrogens with zero attached hydrogens (tertiary/aromatic N) is 1. The number of amides is 1. The molecule has 0 fully saturated rings. The number of rotatable bonds is 3. The van der Waals surface area contributed by atoms with Crippen LogP contribution in [0.1, 0.15) is 27.4 Å². The molecule has 1 aromatic carbocycles. The summed E-state index contributed by atoms with van der Waals surface area (Å²) in [7, 11) is 1.74. The van der Waals surface area contributed by atoms with Crippen molar-refractivity contribution in [2.45, 2.75) is 20.4 Å². The molecule has 3 nitrogen and oxygen atoms in total. The quantitative estimate of drug-likeness (QED) is 0.837. The zero-order valence-electron chi connectivity index (χ0n) is 11.5. The zero-order valence-corrected chi connectivity index (χ0v) is 13.0. The number of hydrogen-bond donors (Lipinski definition) is 0. The molecule has 0 bridgehead atoms. The van der Waals surface area contributed by atoms with Crippen LogP contribution in [-0.2, 0) is 6.54 Å². The van der Waals surface area contributed by atoms with Gasteiger partial charge in [0.25, 0.3) is 5.91 Å². The first kappa shape index (κ1) is 14.9. The molecule has 20 heavy (non-hydrogen) atoms. The van der Waals surface area contributed by atoms with E-state index in [9.17, 15) is 4.79 Å². The first-order chi connectivity index (χ1) is 9.38. The number of aryl methyl sites for hydroxylation is 2. The van der Waals surface area contributed by atoms with E-state index in [4.69, 9.17) is 27.6 Å². The van der Waals surface area contributed by atoms with Gasteiger partial charge in [0.05, 0.1) is 15.6 Å². The molecule has 0 atom stereocenters. The second-order valence-corrected chi connectivity index (χ2v) is 5.55. The van der Waals surface area contributed by atoms with Gasteiger partial charge in [0.2, 0.25) is 0 Å². The van der Waals surface area contributed by atoms with E-state index < -0.39 is 0 Å². The van der Waals surface area contributed by atoms with Crippen LogP contribution in [-0.4, -0.2) is 17.9 Å². The second kappa shape index (κ2) is 5.90. The van der Waals surface area contributed by atoms with Crippen molar-refractivity contribution in [2.24, 2.45) is 0 Å². The van der Waals surface area contributed by atoms with Gasteiger partial charge in [-0.15, -0.1) is 0 Å². The molecule has 2 rings (SSSR count). The van der Waals surface area contributed by atoms with Crippen molar-refractivity contribution >= 4 is 29.1 Å². The lowest BCUT2D eigenvalue weighted by molar-refractivity contribution is 0.0783. The monoisotopic (exact) mass is 311 g/mol. The number of carbonyl (C=O) groups excluding carboxylic acids is 1. The van der Waals surface area contributed by atoms with Crippen LogP contribution in [0.4, 0.5) is 0 Å². The molecule has 0 aliphatic rings. The van der Waals surface area contributed by atoms with Gasteiger partial charge in [-0.1, -0.05) is 29.3 Å². The second-order valence-electron chi connectivity index (χ2n) is 4.74. The van der Waals surface area contributed by atoms with Crippen molar-refractivity contribution < 1.29 is 9.21 Å². The van der Waals surface area contributed by atoms with Gasteiger partial charge in [0.15, 0.2) is 0 Å². The Kier molecular flexibility index (Phi) is 4.41. The summed E-state index contributed by atoms with van der Waals surface area (Å²) in [5, 5.41) is 0.992. The number of benzene rings is 1. The van der Waals surface area contributed by atoms with E-state index >= 15 is 0 Å². The summed E-state index contributed by atoms with van der Waals surface area (Å²) in [4.78, 5) is 14.0. The van der Waals surface area contributed by atoms with E-state index in [1.165, 1.54) is 0 Å². The minimum absolute atomic E-state index is 0.0783. The highest BCUT2D eigenvalue weighted by atomic mass is 35.5. The van der Waals surface area contributed by atoms with Crippen molar-refractivity contribution in [3.05, 3.63) is 57.0 Å². The molecule has 0 saturated heterocycles. The third-order valence-electron chi connectivity index (χ3n) is 3.02. The summed E-state index contributed by atoms with van der Waals surface area (Å²) in [6.45, 7) is 4.06. The minimum atomic E-state index is -0.0783. The Hall–Kier alpha value is -1.45. The number of hydrogen-bond acceptors (Lipinski definition) is 2. The van der Waals surface area contributed by atoms with Gasteiger partial charge in [-0.05, 0) is 37.6 Å². The molecule has 0 N–H and O–H groups in total. The zero-order chi connectivity index (χ0) is 14.9. The molecule has 2 aromatic rings. The van der Waals surface area contributed by atoms with Crippen LogP contribution < -0.4 is 0 Å². The van der Waals surface area contributed by atoms with Crippen molar-refractivity contribution in [3.63, 3.8) is 0 Å². The summed E-state index contributed by atoms with van der Waals surface area (Å²) in [6.07, 6.45) is 0. The predicted molar refractivity (Wildman–Crippen MR) is 80.4 cm³/mol. The van der Waals surface area contributed by atoms with Crippen molar-refractivity contribution in [3.8, 4) is 0 Å². The smallest absolute Gasteiger partial charge is 0.257 e. The highest BCUT2D eigenvalue weighted by Gasteiger charge is 2.17. The van der Waals surface area contributed by atoms with Gasteiger partial charge in [-0.2, -0.15) is 0 Å². The van der Waals surface area contributed by atoms with Crippen LogP contribution in [0.2, 0.25) is 10.0 Å². The van der Waals surface area contributed by atoms with Crippen LogP contribution in [0.25, 0.3) is 0 Å². The van der Waals surface area contributed by atoms with Crippen molar-refractivity contribution in [1.29, 1.82) is 0 Å². The lowest BCUT2D eigenvalue weighted by Gasteiger charge is -2.17. The highest BCUT2D eigenvalue weighted by Crippen LogP contribution is 2.23. The number of furan rings is 1. The molecule has 5 heteroatoms. The number of halogens is 2. The van der Waals surface area contributed by atoms with Gasteiger partial charge >= 0.3 is 0 Å². The molecule has 1 heterocycles. The van der Waals surface area contributed by atoms with Gasteiger partial charge in [0, 0.05) is 13.6 Å². The summed E-state index contributed by atoms with van der Waals surface area (Å²) in [6, 6.07) is 7.10. The van der Waals surface area contributed by atoms with Crippen LogP contribution in [0, 0.1) is 13.8 Å². The Bertz CT molecular complexity index is 649. The average molecular weight is 312 g/mol. The SMILES string of the molecule is Cc1cc(C(=O)N(C)Cc2ccc(Cl)c(Cl)c2)c(C)o1. The van der Waals surface area contributed by atoms with Gasteiger partial charge < -0.3 is 9.32 Å². The lowest BCUT2D eigenvalue weighted by atomic mass is 10.2. The minimum Gasteiger partial charge on any atom is -0.466 e. The van der Waals surface area contributed by atoms with Gasteiger partial charge in [0.1, 0.15) is 11.5 Å². The Morgan fingerprint density at radius 3 is 2.45 bits per heavy atom. The predicted octanol–water partition coefficient (Wildman–Crippen LogP) is 4.48. The van der Waals surface area contributed by atoms with E-state index in [0.717, 1.165) is 11.3 Å². The normalized spacial score (nSPS) is 10.7. The molecule has 0 saturated carbocycles. The summed E-state index contributed by atoms with van der Waals surface area (Å²) < 4.78 is 5.38. The summed E-state index contributed by atoms with van der Waals surface area (Å²) >= 11 is 11.8. The van der Waals surface area contributed by atoms with E-state index in [1.807, 2.05) is 13.0 Å². The van der Waals surface area contributed by atoms with Crippen molar-refractivity contribution in [2.75, 3.05) is 7.05 Å². The Balaban J connectivity index is 2.15. The molecule has 1 amide bonds. The molecule has 0 unspecified atom stereocenters. The van der Waals surface area contributed by atoms with Crippen LogP contribution in [0.15, 0.2) is 28.7 Å². The van der Waals surface area contributed by atoms with Crippen molar-refractivity contribution in [1.82, 2.24) is 4.90 Å². The molecular weight excluding hydrogens is 297 g/mol. The Morgan fingerprint density at radius 1 is 1.20 bits per heavy atom. The third kappa shape index (κ3) is 3.17. The topological polar surface area (TPSA) is 33.5 Å². The molecule has 0 radical (unpaired) electrons. The third-order valence-corrected chi connectivity index (χ3v) is 3.76. The maximum atomic E-state index is 12.3. The summed E-state index contributed by atoms with van der Waals surface area (Å²) in [5.74, 6) is 1.28. The molecule has 0 aliphatic heterocycles. The fraction of sp³-hybridized carbons (Fsp3) is 0.267.